The SMILES string of the molecule is COC(=O)c1c(-c2ccc3c(c2)-c2ccccc2C3C)cn(-c2ccc(C)cc2)c1C(=O)OC. The number of rotatable bonds is 4. The van der Waals surface area contributed by atoms with E-state index in [9.17, 15) is 9.59 Å². The number of nitrogens with zero attached hydrogens (tertiary/aromatic N) is 1. The fraction of sp³-hybridized carbons (Fsp3) is 0.172. The smallest absolute Gasteiger partial charge is 0.355 e. The van der Waals surface area contributed by atoms with Gasteiger partial charge in [-0.1, -0.05) is 61.0 Å². The molecule has 0 N–H and O–H groups in total. The molecule has 1 unspecified atom stereocenters. The van der Waals surface area contributed by atoms with Crippen molar-refractivity contribution in [3.8, 4) is 27.9 Å². The molecule has 1 heterocycles. The standard InChI is InChI=1S/C29H25NO4/c1-17-9-12-20(13-10-17)30-16-25(26(28(31)33-3)27(30)29(32)34-4)19-11-14-22-18(2)21-7-5-6-8-23(21)24(22)15-19/h5-16,18H,1-4H3. The van der Waals surface area contributed by atoms with Gasteiger partial charge < -0.3 is 14.0 Å². The second kappa shape index (κ2) is 8.34. The van der Waals surface area contributed by atoms with Crippen LogP contribution in [0.4, 0.5) is 0 Å². The van der Waals surface area contributed by atoms with Gasteiger partial charge in [-0.3, -0.25) is 0 Å². The van der Waals surface area contributed by atoms with E-state index in [1.54, 1.807) is 4.57 Å². The average Bonchev–Trinajstić information content (AvgIpc) is 3.40. The quantitative estimate of drug-likeness (QED) is 0.349. The molecule has 0 saturated carbocycles. The molecule has 0 radical (unpaired) electrons. The number of hydrogen-bond acceptors (Lipinski definition) is 4. The molecule has 0 amide bonds. The van der Waals surface area contributed by atoms with Gasteiger partial charge in [0, 0.05) is 23.4 Å². The molecule has 3 aromatic carbocycles. The van der Waals surface area contributed by atoms with E-state index in [2.05, 4.69) is 37.3 Å². The van der Waals surface area contributed by atoms with Gasteiger partial charge in [0.15, 0.2) is 0 Å². The molecule has 1 aliphatic rings. The first kappa shape index (κ1) is 21.7. The normalized spacial score (nSPS) is 13.8. The third kappa shape index (κ3) is 3.32. The van der Waals surface area contributed by atoms with E-state index in [-0.39, 0.29) is 11.3 Å². The van der Waals surface area contributed by atoms with E-state index < -0.39 is 11.9 Å². The van der Waals surface area contributed by atoms with Gasteiger partial charge in [0.25, 0.3) is 0 Å². The summed E-state index contributed by atoms with van der Waals surface area (Å²) in [5.74, 6) is -0.897. The topological polar surface area (TPSA) is 57.5 Å². The van der Waals surface area contributed by atoms with Crippen molar-refractivity contribution in [2.75, 3.05) is 14.2 Å². The summed E-state index contributed by atoms with van der Waals surface area (Å²) >= 11 is 0. The van der Waals surface area contributed by atoms with E-state index in [0.717, 1.165) is 22.4 Å². The van der Waals surface area contributed by atoms with Crippen LogP contribution in [0.3, 0.4) is 0 Å². The molecule has 4 aromatic rings. The Morgan fingerprint density at radius 2 is 1.47 bits per heavy atom. The second-order valence-electron chi connectivity index (χ2n) is 8.57. The maximum atomic E-state index is 13.0. The summed E-state index contributed by atoms with van der Waals surface area (Å²) in [6.45, 7) is 4.20. The number of carbonyl (C=O) groups is 2. The summed E-state index contributed by atoms with van der Waals surface area (Å²) in [7, 11) is 2.63. The van der Waals surface area contributed by atoms with Crippen molar-refractivity contribution in [1.29, 1.82) is 0 Å². The van der Waals surface area contributed by atoms with E-state index in [4.69, 9.17) is 9.47 Å². The van der Waals surface area contributed by atoms with Crippen molar-refractivity contribution in [3.05, 3.63) is 101 Å². The lowest BCUT2D eigenvalue weighted by atomic mass is 9.95. The van der Waals surface area contributed by atoms with Crippen molar-refractivity contribution in [3.63, 3.8) is 0 Å². The number of carbonyl (C=O) groups excluding carboxylic acids is 2. The zero-order valence-corrected chi connectivity index (χ0v) is 19.6. The van der Waals surface area contributed by atoms with Crippen LogP contribution in [0, 0.1) is 6.92 Å². The van der Waals surface area contributed by atoms with Gasteiger partial charge in [0.05, 0.1) is 14.2 Å². The lowest BCUT2D eigenvalue weighted by Gasteiger charge is -2.10. The van der Waals surface area contributed by atoms with Crippen LogP contribution >= 0.6 is 0 Å². The molecule has 34 heavy (non-hydrogen) atoms. The minimum atomic E-state index is -0.604. The van der Waals surface area contributed by atoms with Crippen LogP contribution in [0.5, 0.6) is 0 Å². The number of aromatic nitrogens is 1. The maximum Gasteiger partial charge on any atom is 0.355 e. The van der Waals surface area contributed by atoms with Crippen LogP contribution in [0.25, 0.3) is 27.9 Å². The first-order valence-electron chi connectivity index (χ1n) is 11.2. The zero-order chi connectivity index (χ0) is 24.0. The molecular weight excluding hydrogens is 426 g/mol. The molecule has 0 bridgehead atoms. The minimum absolute atomic E-state index is 0.141. The molecule has 5 rings (SSSR count). The lowest BCUT2D eigenvalue weighted by Crippen LogP contribution is -2.15. The molecule has 5 heteroatoms. The van der Waals surface area contributed by atoms with E-state index in [1.807, 2.05) is 49.5 Å². The van der Waals surface area contributed by atoms with Gasteiger partial charge in [0.1, 0.15) is 11.3 Å². The van der Waals surface area contributed by atoms with Crippen LogP contribution in [-0.2, 0) is 9.47 Å². The predicted molar refractivity (Wildman–Crippen MR) is 132 cm³/mol. The number of fused-ring (bicyclic) bond motifs is 3. The Morgan fingerprint density at radius 1 is 0.794 bits per heavy atom. The molecule has 0 aliphatic heterocycles. The Hall–Kier alpha value is -4.12. The summed E-state index contributed by atoms with van der Waals surface area (Å²) in [4.78, 5) is 25.9. The van der Waals surface area contributed by atoms with Gasteiger partial charge in [0.2, 0.25) is 0 Å². The maximum absolute atomic E-state index is 13.0. The highest BCUT2D eigenvalue weighted by atomic mass is 16.5. The monoisotopic (exact) mass is 451 g/mol. The highest BCUT2D eigenvalue weighted by Gasteiger charge is 2.31. The highest BCUT2D eigenvalue weighted by molar-refractivity contribution is 6.08. The number of aryl methyl sites for hydroxylation is 1. The Balaban J connectivity index is 1.77. The van der Waals surface area contributed by atoms with Crippen molar-refractivity contribution < 1.29 is 19.1 Å². The van der Waals surface area contributed by atoms with Gasteiger partial charge in [-0.05, 0) is 52.9 Å². The fourth-order valence-electron chi connectivity index (χ4n) is 4.86. The Labute approximate surface area is 198 Å². The van der Waals surface area contributed by atoms with E-state index in [1.165, 1.54) is 30.9 Å². The predicted octanol–water partition coefficient (Wildman–Crippen LogP) is 6.16. The number of benzene rings is 3. The average molecular weight is 452 g/mol. The minimum Gasteiger partial charge on any atom is -0.465 e. The number of methoxy groups -OCH3 is 2. The summed E-state index contributed by atoms with van der Waals surface area (Å²) in [6.07, 6.45) is 1.81. The molecule has 1 aromatic heterocycles. The van der Waals surface area contributed by atoms with Gasteiger partial charge in [-0.2, -0.15) is 0 Å². The van der Waals surface area contributed by atoms with Crippen LogP contribution in [-0.4, -0.2) is 30.7 Å². The first-order chi connectivity index (χ1) is 16.4. The van der Waals surface area contributed by atoms with Crippen molar-refractivity contribution in [1.82, 2.24) is 4.57 Å². The van der Waals surface area contributed by atoms with E-state index >= 15 is 0 Å². The van der Waals surface area contributed by atoms with Crippen molar-refractivity contribution in [2.45, 2.75) is 19.8 Å². The van der Waals surface area contributed by atoms with Crippen LogP contribution in [0.1, 0.15) is 50.4 Å². The fourth-order valence-corrected chi connectivity index (χ4v) is 4.86. The molecule has 0 spiro atoms. The largest absolute Gasteiger partial charge is 0.465 e. The van der Waals surface area contributed by atoms with Crippen LogP contribution < -0.4 is 0 Å². The van der Waals surface area contributed by atoms with E-state index in [0.29, 0.717) is 11.5 Å². The summed E-state index contributed by atoms with van der Waals surface area (Å²) in [5.41, 5.74) is 8.49. The van der Waals surface area contributed by atoms with Gasteiger partial charge in [-0.15, -0.1) is 0 Å². The summed E-state index contributed by atoms with van der Waals surface area (Å²) < 4.78 is 11.9. The van der Waals surface area contributed by atoms with Crippen molar-refractivity contribution in [2.24, 2.45) is 0 Å². The van der Waals surface area contributed by atoms with Crippen LogP contribution in [0.2, 0.25) is 0 Å². The highest BCUT2D eigenvalue weighted by Crippen LogP contribution is 2.46. The Kier molecular flexibility index (Phi) is 5.33. The zero-order valence-electron chi connectivity index (χ0n) is 19.6. The molecule has 1 atom stereocenters. The van der Waals surface area contributed by atoms with Gasteiger partial charge >= 0.3 is 11.9 Å². The molecule has 170 valence electrons. The molecular formula is C29H25NO4. The first-order valence-corrected chi connectivity index (χ1v) is 11.2. The van der Waals surface area contributed by atoms with Gasteiger partial charge in [-0.25, -0.2) is 9.59 Å². The third-order valence-electron chi connectivity index (χ3n) is 6.63. The number of ether oxygens (including phenoxy) is 2. The number of hydrogen-bond donors (Lipinski definition) is 0. The molecule has 0 fully saturated rings. The second-order valence-corrected chi connectivity index (χ2v) is 8.57. The molecule has 1 aliphatic carbocycles. The molecule has 5 nitrogen and oxygen atoms in total. The Morgan fingerprint density at radius 3 is 2.18 bits per heavy atom. The summed E-state index contributed by atoms with van der Waals surface area (Å²) in [5, 5.41) is 0. The van der Waals surface area contributed by atoms with Crippen LogP contribution in [0.15, 0.2) is 72.9 Å². The summed E-state index contributed by atoms with van der Waals surface area (Å²) in [6, 6.07) is 22.3. The molecule has 0 saturated heterocycles. The number of esters is 2. The third-order valence-corrected chi connectivity index (χ3v) is 6.63. The lowest BCUT2D eigenvalue weighted by molar-refractivity contribution is 0.0550. The van der Waals surface area contributed by atoms with Crippen molar-refractivity contribution >= 4 is 11.9 Å². The Bertz CT molecular complexity index is 1430.